The first kappa shape index (κ1) is 13.1. The van der Waals surface area contributed by atoms with Crippen molar-refractivity contribution >= 4 is 0 Å². The Kier molecular flexibility index (Phi) is 3.90. The molecule has 0 unspecified atom stereocenters. The fourth-order valence-electron chi connectivity index (χ4n) is 4.26. The van der Waals surface area contributed by atoms with E-state index in [1.807, 2.05) is 0 Å². The highest BCUT2D eigenvalue weighted by Crippen LogP contribution is 2.34. The number of hydrogen-bond acceptors (Lipinski definition) is 2. The van der Waals surface area contributed by atoms with Crippen molar-refractivity contribution < 1.29 is 0 Å². The maximum absolute atomic E-state index is 2.75. The molecule has 2 bridgehead atoms. The molecule has 0 spiro atoms. The lowest BCUT2D eigenvalue weighted by molar-refractivity contribution is -0.0117. The Morgan fingerprint density at radius 3 is 2.63 bits per heavy atom. The average Bonchev–Trinajstić information content (AvgIpc) is 2.39. The quantitative estimate of drug-likeness (QED) is 0.822. The summed E-state index contributed by atoms with van der Waals surface area (Å²) in [5.74, 6) is 1.77. The summed E-state index contributed by atoms with van der Waals surface area (Å²) in [5, 5.41) is 0. The smallest absolute Gasteiger partial charge is 0.0236 e. The van der Waals surface area contributed by atoms with Crippen LogP contribution in [0.15, 0.2) is 30.3 Å². The molecule has 2 fully saturated rings. The second-order valence-corrected chi connectivity index (χ2v) is 6.47. The van der Waals surface area contributed by atoms with Gasteiger partial charge in [0, 0.05) is 32.2 Å². The van der Waals surface area contributed by atoms with Crippen molar-refractivity contribution in [3.63, 3.8) is 0 Å². The van der Waals surface area contributed by atoms with Gasteiger partial charge in [-0.2, -0.15) is 0 Å². The first-order valence-electron chi connectivity index (χ1n) is 7.72. The molecule has 104 valence electrons. The van der Waals surface area contributed by atoms with Crippen molar-refractivity contribution in [1.29, 1.82) is 0 Å². The van der Waals surface area contributed by atoms with E-state index in [9.17, 15) is 0 Å². The maximum atomic E-state index is 2.75. The van der Waals surface area contributed by atoms with Gasteiger partial charge in [0.1, 0.15) is 0 Å². The maximum Gasteiger partial charge on any atom is 0.0236 e. The number of hydrogen-bond donors (Lipinski definition) is 0. The van der Waals surface area contributed by atoms with Crippen molar-refractivity contribution in [3.05, 3.63) is 35.9 Å². The molecule has 0 saturated carbocycles. The second-order valence-electron chi connectivity index (χ2n) is 6.47. The Bertz CT molecular complexity index is 401. The molecule has 2 heteroatoms. The van der Waals surface area contributed by atoms with Crippen LogP contribution >= 0.6 is 0 Å². The average molecular weight is 258 g/mol. The van der Waals surface area contributed by atoms with Crippen LogP contribution in [0.4, 0.5) is 0 Å². The zero-order valence-corrected chi connectivity index (χ0v) is 12.3. The summed E-state index contributed by atoms with van der Waals surface area (Å²) in [6, 6.07) is 11.7. The number of likely N-dealkylation sites (tertiary alicyclic amines) is 2. The molecule has 2 aliphatic rings. The molecule has 3 atom stereocenters. The van der Waals surface area contributed by atoms with Crippen LogP contribution in [0.5, 0.6) is 0 Å². The molecule has 0 amide bonds. The van der Waals surface area contributed by atoms with Crippen LogP contribution in [0.1, 0.15) is 25.3 Å². The highest BCUT2D eigenvalue weighted by Gasteiger charge is 2.38. The molecule has 2 heterocycles. The highest BCUT2D eigenvalue weighted by atomic mass is 15.2. The van der Waals surface area contributed by atoms with Crippen molar-refractivity contribution in [1.82, 2.24) is 9.80 Å². The van der Waals surface area contributed by atoms with Gasteiger partial charge in [0.25, 0.3) is 0 Å². The summed E-state index contributed by atoms with van der Waals surface area (Å²) in [5.41, 5.74) is 1.47. The summed E-state index contributed by atoms with van der Waals surface area (Å²) in [7, 11) is 2.29. The lowest BCUT2D eigenvalue weighted by Gasteiger charge is -2.50. The molecular formula is C17H26N2. The van der Waals surface area contributed by atoms with E-state index in [4.69, 9.17) is 0 Å². The SMILES string of the molecule is CC[C@H]1[C@H]2C[C@H](CN(C)C2)CN1Cc1ccccc1. The largest absolute Gasteiger partial charge is 0.306 e. The molecular weight excluding hydrogens is 232 g/mol. The molecule has 0 radical (unpaired) electrons. The van der Waals surface area contributed by atoms with Gasteiger partial charge in [0.05, 0.1) is 0 Å². The topological polar surface area (TPSA) is 6.48 Å². The number of nitrogens with zero attached hydrogens (tertiary/aromatic N) is 2. The van der Waals surface area contributed by atoms with E-state index in [0.717, 1.165) is 24.4 Å². The van der Waals surface area contributed by atoms with Gasteiger partial charge in [0.15, 0.2) is 0 Å². The molecule has 1 aromatic carbocycles. The molecule has 0 aromatic heterocycles. The predicted molar refractivity (Wildman–Crippen MR) is 80.0 cm³/mol. The Labute approximate surface area is 117 Å². The van der Waals surface area contributed by atoms with E-state index >= 15 is 0 Å². The van der Waals surface area contributed by atoms with Crippen LogP contribution in [0.3, 0.4) is 0 Å². The zero-order valence-electron chi connectivity index (χ0n) is 12.3. The summed E-state index contributed by atoms with van der Waals surface area (Å²) in [6.45, 7) is 7.36. The second kappa shape index (κ2) is 5.64. The zero-order chi connectivity index (χ0) is 13.2. The van der Waals surface area contributed by atoms with Crippen molar-refractivity contribution in [2.24, 2.45) is 11.8 Å². The van der Waals surface area contributed by atoms with Crippen LogP contribution < -0.4 is 0 Å². The Morgan fingerprint density at radius 1 is 1.11 bits per heavy atom. The fraction of sp³-hybridized carbons (Fsp3) is 0.647. The molecule has 2 saturated heterocycles. The molecule has 0 N–H and O–H groups in total. The Hall–Kier alpha value is -0.860. The third kappa shape index (κ3) is 2.85. The standard InChI is InChI=1S/C17H26N2/c1-3-17-16-9-15(10-18(2)13-16)12-19(17)11-14-7-5-4-6-8-14/h4-8,15-17H,3,9-13H2,1-2H3/t15-,16+,17+/m1/s1. The Morgan fingerprint density at radius 2 is 1.89 bits per heavy atom. The lowest BCUT2D eigenvalue weighted by Crippen LogP contribution is -2.56. The van der Waals surface area contributed by atoms with Crippen molar-refractivity contribution in [2.45, 2.75) is 32.4 Å². The van der Waals surface area contributed by atoms with Crippen LogP contribution in [0, 0.1) is 11.8 Å². The number of piperidine rings is 2. The predicted octanol–water partition coefficient (Wildman–Crippen LogP) is 2.85. The van der Waals surface area contributed by atoms with Gasteiger partial charge in [-0.25, -0.2) is 0 Å². The highest BCUT2D eigenvalue weighted by molar-refractivity contribution is 5.15. The van der Waals surface area contributed by atoms with E-state index < -0.39 is 0 Å². The van der Waals surface area contributed by atoms with E-state index in [1.165, 1.54) is 38.0 Å². The Balaban J connectivity index is 1.74. The van der Waals surface area contributed by atoms with Gasteiger partial charge in [-0.05, 0) is 37.3 Å². The summed E-state index contributed by atoms with van der Waals surface area (Å²) in [4.78, 5) is 5.29. The van der Waals surface area contributed by atoms with Crippen LogP contribution in [-0.2, 0) is 6.54 Å². The normalized spacial score (nSPS) is 32.4. The van der Waals surface area contributed by atoms with E-state index in [-0.39, 0.29) is 0 Å². The molecule has 1 aromatic rings. The van der Waals surface area contributed by atoms with Crippen molar-refractivity contribution in [3.8, 4) is 0 Å². The molecule has 3 rings (SSSR count). The van der Waals surface area contributed by atoms with Gasteiger partial charge >= 0.3 is 0 Å². The summed E-state index contributed by atoms with van der Waals surface area (Å²) in [6.07, 6.45) is 2.74. The van der Waals surface area contributed by atoms with Crippen molar-refractivity contribution in [2.75, 3.05) is 26.7 Å². The number of rotatable bonds is 3. The number of fused-ring (bicyclic) bond motifs is 2. The fourth-order valence-corrected chi connectivity index (χ4v) is 4.26. The van der Waals surface area contributed by atoms with Gasteiger partial charge < -0.3 is 4.90 Å². The van der Waals surface area contributed by atoms with Gasteiger partial charge in [-0.15, -0.1) is 0 Å². The van der Waals surface area contributed by atoms with E-state index in [0.29, 0.717) is 0 Å². The van der Waals surface area contributed by atoms with Crippen LogP contribution in [0.25, 0.3) is 0 Å². The molecule has 2 aliphatic heterocycles. The number of benzene rings is 1. The first-order chi connectivity index (χ1) is 9.26. The van der Waals surface area contributed by atoms with Crippen LogP contribution in [0.2, 0.25) is 0 Å². The van der Waals surface area contributed by atoms with Gasteiger partial charge in [-0.3, -0.25) is 4.90 Å². The third-order valence-corrected chi connectivity index (χ3v) is 4.90. The summed E-state index contributed by atoms with van der Waals surface area (Å²) < 4.78 is 0. The monoisotopic (exact) mass is 258 g/mol. The van der Waals surface area contributed by atoms with E-state index in [1.54, 1.807) is 0 Å². The van der Waals surface area contributed by atoms with Gasteiger partial charge in [-0.1, -0.05) is 37.3 Å². The lowest BCUT2D eigenvalue weighted by atomic mass is 9.78. The minimum absolute atomic E-state index is 0.777. The van der Waals surface area contributed by atoms with E-state index in [2.05, 4.69) is 54.1 Å². The summed E-state index contributed by atoms with van der Waals surface area (Å²) >= 11 is 0. The van der Waals surface area contributed by atoms with Crippen LogP contribution in [-0.4, -0.2) is 42.5 Å². The first-order valence-corrected chi connectivity index (χ1v) is 7.72. The molecule has 19 heavy (non-hydrogen) atoms. The minimum Gasteiger partial charge on any atom is -0.306 e. The van der Waals surface area contributed by atoms with Gasteiger partial charge in [0.2, 0.25) is 0 Å². The third-order valence-electron chi connectivity index (χ3n) is 4.90. The minimum atomic E-state index is 0.777. The molecule has 2 nitrogen and oxygen atoms in total. The molecule has 0 aliphatic carbocycles.